The normalized spacial score (nSPS) is 22.2. The Morgan fingerprint density at radius 2 is 1.89 bits per heavy atom. The molecule has 2 saturated heterocycles. The molecule has 8 nitrogen and oxygen atoms in total. The van der Waals surface area contributed by atoms with Crippen LogP contribution in [0.2, 0.25) is 0 Å². The molecular weight excluding hydrogens is 480 g/mol. The zero-order valence-electron chi connectivity index (χ0n) is 23.1. The fraction of sp³-hybridized carbons (Fsp3) is 0.633. The van der Waals surface area contributed by atoms with E-state index in [-0.39, 0.29) is 41.7 Å². The van der Waals surface area contributed by atoms with Gasteiger partial charge in [0.05, 0.1) is 23.8 Å². The van der Waals surface area contributed by atoms with Gasteiger partial charge in [-0.2, -0.15) is 0 Å². The molecule has 1 aromatic carbocycles. The number of aromatic nitrogens is 1. The first-order valence-electron chi connectivity index (χ1n) is 14.4. The number of ether oxygens (including phenoxy) is 1. The molecule has 3 fully saturated rings. The summed E-state index contributed by atoms with van der Waals surface area (Å²) in [5, 5.41) is 4.09. The largest absolute Gasteiger partial charge is 0.447 e. The van der Waals surface area contributed by atoms with Crippen molar-refractivity contribution in [2.75, 3.05) is 31.6 Å². The van der Waals surface area contributed by atoms with E-state index in [2.05, 4.69) is 46.1 Å². The zero-order valence-corrected chi connectivity index (χ0v) is 23.1. The maximum absolute atomic E-state index is 14.1. The standard InChI is InChI=1S/C30H42N4O4/c1-20-11-12-26-25(16-20)27(34-14-15-38-30(34)37)19-32(26)18-23-10-7-13-33(23)29(36)24(17-28(35)21(2)31-3)22-8-5-4-6-9-22/h11-12,16,19,21-24,31H,4-10,13-15,17-18H2,1-3H3/t21-,23-,24-/m0/s1. The quantitative estimate of drug-likeness (QED) is 0.518. The van der Waals surface area contributed by atoms with Crippen LogP contribution in [0.1, 0.15) is 63.9 Å². The summed E-state index contributed by atoms with van der Waals surface area (Å²) in [4.78, 5) is 43.3. The lowest BCUT2D eigenvalue weighted by atomic mass is 9.76. The highest BCUT2D eigenvalue weighted by atomic mass is 16.6. The lowest BCUT2D eigenvalue weighted by molar-refractivity contribution is -0.141. The molecule has 3 aliphatic rings. The third-order valence-corrected chi connectivity index (χ3v) is 9.01. The summed E-state index contributed by atoms with van der Waals surface area (Å²) in [5.74, 6) is 0.333. The van der Waals surface area contributed by atoms with Crippen molar-refractivity contribution < 1.29 is 19.1 Å². The molecule has 2 amide bonds. The third-order valence-electron chi connectivity index (χ3n) is 9.01. The smallest absolute Gasteiger partial charge is 0.414 e. The Bertz CT molecular complexity index is 1180. The minimum absolute atomic E-state index is 0.0701. The lowest BCUT2D eigenvalue weighted by Crippen LogP contribution is -2.45. The second-order valence-corrected chi connectivity index (χ2v) is 11.5. The van der Waals surface area contributed by atoms with Crippen LogP contribution in [-0.4, -0.2) is 66.1 Å². The number of anilines is 1. The summed E-state index contributed by atoms with van der Waals surface area (Å²) in [6, 6.07) is 6.15. The molecule has 5 rings (SSSR count). The van der Waals surface area contributed by atoms with Crippen LogP contribution >= 0.6 is 0 Å². The number of aryl methyl sites for hydroxylation is 1. The molecule has 8 heteroatoms. The molecule has 0 radical (unpaired) electrons. The van der Waals surface area contributed by atoms with Gasteiger partial charge in [-0.05, 0) is 64.6 Å². The number of carbonyl (C=O) groups is 3. The number of amides is 2. The van der Waals surface area contributed by atoms with E-state index in [1.165, 1.54) is 6.42 Å². The number of carbonyl (C=O) groups excluding carboxylic acids is 3. The number of cyclic esters (lactones) is 1. The Labute approximate surface area is 225 Å². The summed E-state index contributed by atoms with van der Waals surface area (Å²) < 4.78 is 7.43. The molecular formula is C30H42N4O4. The predicted octanol–water partition coefficient (Wildman–Crippen LogP) is 4.66. The number of ketones is 1. The van der Waals surface area contributed by atoms with E-state index in [1.54, 1.807) is 11.9 Å². The van der Waals surface area contributed by atoms with Crippen molar-refractivity contribution in [2.45, 2.75) is 83.8 Å². The van der Waals surface area contributed by atoms with Crippen LogP contribution in [0.5, 0.6) is 0 Å². The van der Waals surface area contributed by atoms with Gasteiger partial charge >= 0.3 is 6.09 Å². The van der Waals surface area contributed by atoms with Crippen molar-refractivity contribution in [1.82, 2.24) is 14.8 Å². The van der Waals surface area contributed by atoms with Gasteiger partial charge in [0.15, 0.2) is 0 Å². The van der Waals surface area contributed by atoms with Crippen molar-refractivity contribution in [1.29, 1.82) is 0 Å². The van der Waals surface area contributed by atoms with Gasteiger partial charge in [-0.15, -0.1) is 0 Å². The molecule has 1 saturated carbocycles. The van der Waals surface area contributed by atoms with Crippen LogP contribution < -0.4 is 10.2 Å². The van der Waals surface area contributed by atoms with E-state index in [0.717, 1.165) is 67.2 Å². The number of fused-ring (bicyclic) bond motifs is 1. The van der Waals surface area contributed by atoms with E-state index in [1.807, 2.05) is 6.92 Å². The predicted molar refractivity (Wildman–Crippen MR) is 148 cm³/mol. The van der Waals surface area contributed by atoms with Gasteiger partial charge in [0.25, 0.3) is 0 Å². The fourth-order valence-corrected chi connectivity index (χ4v) is 6.67. The molecule has 0 spiro atoms. The third kappa shape index (κ3) is 5.33. The topological polar surface area (TPSA) is 83.9 Å². The number of likely N-dealkylation sites (tertiary alicyclic amines) is 1. The molecule has 0 unspecified atom stereocenters. The van der Waals surface area contributed by atoms with Crippen molar-refractivity contribution in [3.63, 3.8) is 0 Å². The Balaban J connectivity index is 1.40. The molecule has 1 aliphatic carbocycles. The second-order valence-electron chi connectivity index (χ2n) is 11.5. The van der Waals surface area contributed by atoms with E-state index in [4.69, 9.17) is 4.74 Å². The van der Waals surface area contributed by atoms with Crippen molar-refractivity contribution >= 4 is 34.4 Å². The Morgan fingerprint density at radius 3 is 2.61 bits per heavy atom. The lowest BCUT2D eigenvalue weighted by Gasteiger charge is -2.35. The molecule has 1 N–H and O–H groups in total. The Kier molecular flexibility index (Phi) is 8.07. The summed E-state index contributed by atoms with van der Waals surface area (Å²) in [7, 11) is 1.80. The van der Waals surface area contributed by atoms with Crippen LogP contribution in [-0.2, 0) is 20.9 Å². The number of likely N-dealkylation sites (N-methyl/N-ethyl adjacent to an activating group) is 1. The van der Waals surface area contributed by atoms with Crippen LogP contribution in [0.25, 0.3) is 10.9 Å². The molecule has 206 valence electrons. The number of rotatable bonds is 9. The first-order chi connectivity index (χ1) is 18.4. The van der Waals surface area contributed by atoms with Crippen LogP contribution in [0, 0.1) is 18.8 Å². The van der Waals surface area contributed by atoms with Gasteiger partial charge in [0.2, 0.25) is 5.91 Å². The van der Waals surface area contributed by atoms with Gasteiger partial charge in [-0.1, -0.05) is 30.9 Å². The maximum atomic E-state index is 14.1. The van der Waals surface area contributed by atoms with Gasteiger partial charge < -0.3 is 19.5 Å². The highest BCUT2D eigenvalue weighted by Gasteiger charge is 2.39. The van der Waals surface area contributed by atoms with Gasteiger partial charge in [-0.3, -0.25) is 14.5 Å². The van der Waals surface area contributed by atoms with Gasteiger partial charge in [0, 0.05) is 43.1 Å². The Hall–Kier alpha value is -2.87. The van der Waals surface area contributed by atoms with Crippen molar-refractivity contribution in [3.05, 3.63) is 30.0 Å². The SMILES string of the molecule is CN[C@@H](C)C(=O)C[C@H](C(=O)N1CCC[C@H]1Cn1cc(N2CCOC2=O)c2cc(C)ccc21)C1CCCCC1. The number of nitrogens with zero attached hydrogens (tertiary/aromatic N) is 3. The fourth-order valence-electron chi connectivity index (χ4n) is 6.67. The zero-order chi connectivity index (χ0) is 26.8. The molecule has 3 atom stereocenters. The molecule has 0 bridgehead atoms. The number of hydrogen-bond donors (Lipinski definition) is 1. The summed E-state index contributed by atoms with van der Waals surface area (Å²) in [5.41, 5.74) is 3.07. The minimum atomic E-state index is -0.306. The maximum Gasteiger partial charge on any atom is 0.414 e. The molecule has 3 heterocycles. The number of hydrogen-bond acceptors (Lipinski definition) is 5. The Morgan fingerprint density at radius 1 is 1.11 bits per heavy atom. The molecule has 38 heavy (non-hydrogen) atoms. The minimum Gasteiger partial charge on any atom is -0.447 e. The number of Topliss-reactive ketones (excluding diaryl/α,β-unsaturated/α-hetero) is 1. The summed E-state index contributed by atoms with van der Waals surface area (Å²) in [6.07, 6.45) is 9.55. The van der Waals surface area contributed by atoms with E-state index in [9.17, 15) is 14.4 Å². The monoisotopic (exact) mass is 522 g/mol. The summed E-state index contributed by atoms with van der Waals surface area (Å²) in [6.45, 7) is 6.30. The van der Waals surface area contributed by atoms with Crippen molar-refractivity contribution in [3.8, 4) is 0 Å². The van der Waals surface area contributed by atoms with Crippen LogP contribution in [0.15, 0.2) is 24.4 Å². The van der Waals surface area contributed by atoms with Gasteiger partial charge in [-0.25, -0.2) is 4.79 Å². The summed E-state index contributed by atoms with van der Waals surface area (Å²) >= 11 is 0. The van der Waals surface area contributed by atoms with E-state index >= 15 is 0 Å². The molecule has 1 aromatic heterocycles. The number of benzene rings is 1. The first-order valence-corrected chi connectivity index (χ1v) is 14.4. The highest BCUT2D eigenvalue weighted by molar-refractivity contribution is 6.02. The van der Waals surface area contributed by atoms with E-state index < -0.39 is 0 Å². The van der Waals surface area contributed by atoms with Crippen molar-refractivity contribution in [2.24, 2.45) is 11.8 Å². The van der Waals surface area contributed by atoms with Crippen LogP contribution in [0.4, 0.5) is 10.5 Å². The highest BCUT2D eigenvalue weighted by Crippen LogP contribution is 2.36. The van der Waals surface area contributed by atoms with Gasteiger partial charge in [0.1, 0.15) is 12.4 Å². The molecule has 2 aromatic rings. The average Bonchev–Trinajstić information content (AvgIpc) is 3.65. The second kappa shape index (κ2) is 11.5. The molecule has 2 aliphatic heterocycles. The average molecular weight is 523 g/mol. The first kappa shape index (κ1) is 26.7. The van der Waals surface area contributed by atoms with Crippen LogP contribution in [0.3, 0.4) is 0 Å². The van der Waals surface area contributed by atoms with E-state index in [0.29, 0.717) is 26.1 Å². The number of nitrogens with one attached hydrogen (secondary N) is 1.